The minimum Gasteiger partial charge on any atom is -0.309 e. The van der Waals surface area contributed by atoms with Crippen molar-refractivity contribution in [1.82, 2.24) is 4.57 Å². The predicted octanol–water partition coefficient (Wildman–Crippen LogP) is 18.4. The van der Waals surface area contributed by atoms with Gasteiger partial charge in [-0.05, 0) is 115 Å². The van der Waals surface area contributed by atoms with E-state index < -0.39 is 0 Å². The van der Waals surface area contributed by atoms with E-state index >= 15 is 0 Å². The minimum absolute atomic E-state index is 0.129. The highest BCUT2D eigenvalue weighted by atomic mass is 15.1. The van der Waals surface area contributed by atoms with Crippen LogP contribution in [0.3, 0.4) is 0 Å². The summed E-state index contributed by atoms with van der Waals surface area (Å²) in [6.07, 6.45) is 0. The molecule has 0 aliphatic heterocycles. The number of anilines is 3. The number of benzene rings is 11. The number of rotatable bonds is 8. The van der Waals surface area contributed by atoms with Gasteiger partial charge in [-0.3, -0.25) is 0 Å². The lowest BCUT2D eigenvalue weighted by atomic mass is 9.82. The van der Waals surface area contributed by atoms with Gasteiger partial charge in [0.2, 0.25) is 0 Å². The normalized spacial score (nSPS) is 12.6. The van der Waals surface area contributed by atoms with Crippen molar-refractivity contribution >= 4 is 49.6 Å². The number of fused-ring (bicyclic) bond motifs is 7. The fourth-order valence-electron chi connectivity index (χ4n) is 11.4. The molecule has 69 heavy (non-hydrogen) atoms. The lowest BCUT2D eigenvalue weighted by molar-refractivity contribution is 0.660. The molecular weight excluding hydrogens is 833 g/mol. The molecule has 0 N–H and O–H groups in total. The van der Waals surface area contributed by atoms with Crippen LogP contribution in [0.1, 0.15) is 25.0 Å². The highest BCUT2D eigenvalue weighted by molar-refractivity contribution is 6.11. The van der Waals surface area contributed by atoms with Crippen molar-refractivity contribution in [1.29, 1.82) is 0 Å². The van der Waals surface area contributed by atoms with Crippen LogP contribution >= 0.6 is 0 Å². The molecule has 11 aromatic carbocycles. The van der Waals surface area contributed by atoms with Crippen LogP contribution in [0.4, 0.5) is 17.1 Å². The molecule has 0 spiro atoms. The number of hydrogen-bond acceptors (Lipinski definition) is 1. The van der Waals surface area contributed by atoms with E-state index in [0.717, 1.165) is 39.4 Å². The van der Waals surface area contributed by atoms with Crippen LogP contribution < -0.4 is 4.90 Å². The molecule has 13 rings (SSSR count). The van der Waals surface area contributed by atoms with Crippen molar-refractivity contribution in [2.45, 2.75) is 19.3 Å². The van der Waals surface area contributed by atoms with Crippen LogP contribution in [0.15, 0.2) is 255 Å². The van der Waals surface area contributed by atoms with E-state index in [4.69, 9.17) is 0 Å². The molecule has 0 amide bonds. The van der Waals surface area contributed by atoms with Crippen molar-refractivity contribution in [3.8, 4) is 61.3 Å². The third kappa shape index (κ3) is 6.55. The molecular formula is C67H48N2. The Morgan fingerprint density at radius 1 is 0.348 bits per heavy atom. The summed E-state index contributed by atoms with van der Waals surface area (Å²) in [5, 5.41) is 4.94. The Morgan fingerprint density at radius 3 is 1.67 bits per heavy atom. The molecule has 2 heteroatoms. The lowest BCUT2D eigenvalue weighted by Gasteiger charge is -2.31. The van der Waals surface area contributed by atoms with Gasteiger partial charge in [0.05, 0.1) is 22.4 Å². The fraction of sp³-hybridized carbons (Fsp3) is 0.0448. The third-order valence-electron chi connectivity index (χ3n) is 14.6. The molecule has 1 aliphatic rings. The molecule has 1 aromatic heterocycles. The van der Waals surface area contributed by atoms with E-state index in [1.54, 1.807) is 0 Å². The summed E-state index contributed by atoms with van der Waals surface area (Å²) in [6.45, 7) is 4.73. The molecule has 0 saturated carbocycles. The van der Waals surface area contributed by atoms with E-state index in [1.165, 1.54) is 82.6 Å². The van der Waals surface area contributed by atoms with Gasteiger partial charge >= 0.3 is 0 Å². The molecule has 326 valence electrons. The highest BCUT2D eigenvalue weighted by Crippen LogP contribution is 2.54. The first-order chi connectivity index (χ1) is 34.0. The minimum atomic E-state index is -0.129. The third-order valence-corrected chi connectivity index (χ3v) is 14.6. The quantitative estimate of drug-likeness (QED) is 0.148. The van der Waals surface area contributed by atoms with Crippen LogP contribution in [-0.4, -0.2) is 4.57 Å². The molecule has 0 unspecified atom stereocenters. The molecule has 12 aromatic rings. The predicted molar refractivity (Wildman–Crippen MR) is 292 cm³/mol. The summed E-state index contributed by atoms with van der Waals surface area (Å²) >= 11 is 0. The summed E-state index contributed by atoms with van der Waals surface area (Å²) < 4.78 is 2.41. The molecule has 0 fully saturated rings. The van der Waals surface area contributed by atoms with E-state index in [-0.39, 0.29) is 5.41 Å². The van der Waals surface area contributed by atoms with Crippen molar-refractivity contribution < 1.29 is 0 Å². The second-order valence-electron chi connectivity index (χ2n) is 18.8. The summed E-state index contributed by atoms with van der Waals surface area (Å²) in [4.78, 5) is 2.52. The van der Waals surface area contributed by atoms with Gasteiger partial charge in [-0.1, -0.05) is 220 Å². The van der Waals surface area contributed by atoms with Crippen molar-refractivity contribution in [2.75, 3.05) is 4.90 Å². The smallest absolute Gasteiger partial charge is 0.0547 e. The van der Waals surface area contributed by atoms with Gasteiger partial charge in [0.1, 0.15) is 0 Å². The molecule has 0 radical (unpaired) electrons. The van der Waals surface area contributed by atoms with Gasteiger partial charge < -0.3 is 9.47 Å². The van der Waals surface area contributed by atoms with Gasteiger partial charge in [-0.2, -0.15) is 0 Å². The van der Waals surface area contributed by atoms with Gasteiger partial charge in [0, 0.05) is 38.7 Å². The summed E-state index contributed by atoms with van der Waals surface area (Å²) in [6, 6.07) is 93.8. The molecule has 0 saturated heterocycles. The fourth-order valence-corrected chi connectivity index (χ4v) is 11.4. The van der Waals surface area contributed by atoms with Crippen molar-refractivity contribution in [3.05, 3.63) is 266 Å². The summed E-state index contributed by atoms with van der Waals surface area (Å²) in [7, 11) is 0. The molecule has 0 bridgehead atoms. The van der Waals surface area contributed by atoms with Crippen molar-refractivity contribution in [2.24, 2.45) is 0 Å². The zero-order valence-electron chi connectivity index (χ0n) is 38.6. The second kappa shape index (κ2) is 16.3. The molecule has 1 aliphatic carbocycles. The number of para-hydroxylation sites is 4. The first-order valence-corrected chi connectivity index (χ1v) is 24.0. The van der Waals surface area contributed by atoms with Crippen LogP contribution in [-0.2, 0) is 5.41 Å². The van der Waals surface area contributed by atoms with E-state index in [1.807, 2.05) is 0 Å². The Kier molecular flexibility index (Phi) is 9.55. The summed E-state index contributed by atoms with van der Waals surface area (Å²) in [5.41, 5.74) is 21.5. The number of nitrogens with zero attached hydrogens (tertiary/aromatic N) is 2. The SMILES string of the molecule is CC1(C)c2ccccc2-c2c(-c3ccccc3N(c3cccc(-c4ccc5c6ccccc6n(-c6ccccc6)c5c4)c3)c3ccccc3-c3cccc4cccc(-c5ccccc5)c34)cccc21. The monoisotopic (exact) mass is 880 g/mol. The average molecular weight is 881 g/mol. The Hall–Kier alpha value is -8.72. The first kappa shape index (κ1) is 40.5. The Balaban J connectivity index is 1.06. The lowest BCUT2D eigenvalue weighted by Crippen LogP contribution is -2.15. The van der Waals surface area contributed by atoms with Gasteiger partial charge in [-0.25, -0.2) is 0 Å². The van der Waals surface area contributed by atoms with Crippen LogP contribution in [0, 0.1) is 0 Å². The Bertz CT molecular complexity index is 3930. The zero-order valence-corrected chi connectivity index (χ0v) is 38.6. The maximum absolute atomic E-state index is 2.52. The van der Waals surface area contributed by atoms with Crippen molar-refractivity contribution in [3.63, 3.8) is 0 Å². The first-order valence-electron chi connectivity index (χ1n) is 24.0. The second-order valence-corrected chi connectivity index (χ2v) is 18.8. The van der Waals surface area contributed by atoms with E-state index in [0.29, 0.717) is 0 Å². The van der Waals surface area contributed by atoms with Gasteiger partial charge in [0.15, 0.2) is 0 Å². The average Bonchev–Trinajstić information content (AvgIpc) is 3.87. The summed E-state index contributed by atoms with van der Waals surface area (Å²) in [5.74, 6) is 0. The number of hydrogen-bond donors (Lipinski definition) is 0. The van der Waals surface area contributed by atoms with E-state index in [9.17, 15) is 0 Å². The molecule has 1 heterocycles. The maximum atomic E-state index is 2.52. The van der Waals surface area contributed by atoms with Crippen LogP contribution in [0.2, 0.25) is 0 Å². The molecule has 0 atom stereocenters. The topological polar surface area (TPSA) is 8.17 Å². The number of aromatic nitrogens is 1. The van der Waals surface area contributed by atoms with Crippen LogP contribution in [0.5, 0.6) is 0 Å². The van der Waals surface area contributed by atoms with Gasteiger partial charge in [-0.15, -0.1) is 0 Å². The maximum Gasteiger partial charge on any atom is 0.0547 e. The van der Waals surface area contributed by atoms with E-state index in [2.05, 4.69) is 278 Å². The Morgan fingerprint density at radius 2 is 0.884 bits per heavy atom. The zero-order chi connectivity index (χ0) is 46.1. The highest BCUT2D eigenvalue weighted by Gasteiger charge is 2.37. The Labute approximate surface area is 403 Å². The van der Waals surface area contributed by atoms with Gasteiger partial charge in [0.25, 0.3) is 0 Å². The largest absolute Gasteiger partial charge is 0.309 e. The standard InChI is InChI=1S/C67H48N2/c1-67(2)59-36-13-9-32-58(59)66-57(35-20-37-60(66)67)54-31-12-16-40-63(54)69(62-39-15-11-30-53(62)56-34-19-24-46-23-18-33-51(65(46)56)45-21-5-3-6-22-45)50-28-17-25-47(43-50)48-41-42-55-52-29-10-14-38-61(52)68(64(55)44-48)49-26-7-4-8-27-49/h3-44H,1-2H3. The van der Waals surface area contributed by atoms with Crippen LogP contribution in [0.25, 0.3) is 93.9 Å². The molecule has 2 nitrogen and oxygen atoms in total.